The minimum atomic E-state index is -3.39. The summed E-state index contributed by atoms with van der Waals surface area (Å²) in [6.45, 7) is 3.25. The van der Waals surface area contributed by atoms with Gasteiger partial charge in [-0.05, 0) is 37.6 Å². The summed E-state index contributed by atoms with van der Waals surface area (Å²) in [5, 5.41) is 13.7. The predicted octanol–water partition coefficient (Wildman–Crippen LogP) is 2.85. The molecule has 0 saturated heterocycles. The van der Waals surface area contributed by atoms with E-state index >= 15 is 0 Å². The molecule has 1 amide bonds. The number of carbonyl (C=O) groups excluding carboxylic acids is 1. The molecule has 2 aromatic rings. The molecule has 8 nitrogen and oxygen atoms in total. The molecule has 26 heavy (non-hydrogen) atoms. The van der Waals surface area contributed by atoms with E-state index in [1.54, 1.807) is 37.3 Å². The fourth-order valence-electron chi connectivity index (χ4n) is 2.31. The fourth-order valence-corrected chi connectivity index (χ4v) is 3.02. The molecule has 0 atom stereocenters. The van der Waals surface area contributed by atoms with Gasteiger partial charge in [-0.1, -0.05) is 18.2 Å². The van der Waals surface area contributed by atoms with Crippen molar-refractivity contribution in [1.29, 1.82) is 0 Å². The summed E-state index contributed by atoms with van der Waals surface area (Å²) in [6.07, 6.45) is -0.138. The average molecular weight is 377 g/mol. The maximum atomic E-state index is 12.2. The van der Waals surface area contributed by atoms with E-state index in [0.717, 1.165) is 0 Å². The second-order valence-corrected chi connectivity index (χ2v) is 7.66. The van der Waals surface area contributed by atoms with Crippen molar-refractivity contribution in [2.45, 2.75) is 20.3 Å². The molecular formula is C17H19N3O5S. The van der Waals surface area contributed by atoms with Crippen LogP contribution in [0.5, 0.6) is 0 Å². The second-order valence-electron chi connectivity index (χ2n) is 5.65. The Balaban J connectivity index is 2.11. The van der Waals surface area contributed by atoms with Crippen LogP contribution >= 0.6 is 0 Å². The standard InChI is InChI=1S/C17H19N3O5S/c1-3-26(24,25)19-15-9-8-14(10-12(15)2)18-17(21)11-13-6-4-5-7-16(13)20(22)23/h4-10,19H,3,11H2,1-2H3,(H,18,21). The van der Waals surface area contributed by atoms with Crippen molar-refractivity contribution in [3.05, 3.63) is 63.7 Å². The molecule has 9 heteroatoms. The summed E-state index contributed by atoms with van der Waals surface area (Å²) in [5.74, 6) is -0.443. The van der Waals surface area contributed by atoms with Gasteiger partial charge in [0, 0.05) is 17.3 Å². The number of nitrogens with one attached hydrogen (secondary N) is 2. The van der Waals surface area contributed by atoms with Gasteiger partial charge >= 0.3 is 0 Å². The maximum absolute atomic E-state index is 12.2. The lowest BCUT2D eigenvalue weighted by molar-refractivity contribution is -0.385. The zero-order chi connectivity index (χ0) is 19.3. The van der Waals surface area contributed by atoms with Gasteiger partial charge < -0.3 is 5.32 Å². The van der Waals surface area contributed by atoms with E-state index in [0.29, 0.717) is 22.5 Å². The number of para-hydroxylation sites is 1. The molecule has 0 spiro atoms. The van der Waals surface area contributed by atoms with Crippen LogP contribution in [0, 0.1) is 17.0 Å². The molecule has 0 fully saturated rings. The third kappa shape index (κ3) is 5.03. The van der Waals surface area contributed by atoms with E-state index < -0.39 is 20.9 Å². The first kappa shape index (κ1) is 19.4. The molecule has 0 aliphatic carbocycles. The van der Waals surface area contributed by atoms with Crippen LogP contribution in [0.4, 0.5) is 17.1 Å². The lowest BCUT2D eigenvalue weighted by atomic mass is 10.1. The first-order chi connectivity index (χ1) is 12.2. The van der Waals surface area contributed by atoms with Crippen molar-refractivity contribution < 1.29 is 18.1 Å². The summed E-state index contributed by atoms with van der Waals surface area (Å²) < 4.78 is 25.7. The Bertz CT molecular complexity index is 941. The molecule has 0 unspecified atom stereocenters. The van der Waals surface area contributed by atoms with E-state index in [2.05, 4.69) is 10.0 Å². The highest BCUT2D eigenvalue weighted by Crippen LogP contribution is 2.22. The Morgan fingerprint density at radius 2 is 1.88 bits per heavy atom. The van der Waals surface area contributed by atoms with Crippen molar-refractivity contribution in [3.8, 4) is 0 Å². The molecule has 0 aliphatic heterocycles. The number of rotatable bonds is 7. The molecule has 138 valence electrons. The van der Waals surface area contributed by atoms with Crippen molar-refractivity contribution in [3.63, 3.8) is 0 Å². The van der Waals surface area contributed by atoms with E-state index in [1.807, 2.05) is 0 Å². The van der Waals surface area contributed by atoms with Crippen LogP contribution in [-0.4, -0.2) is 25.0 Å². The summed E-state index contributed by atoms with van der Waals surface area (Å²) in [6, 6.07) is 10.8. The van der Waals surface area contributed by atoms with Gasteiger partial charge in [0.2, 0.25) is 15.9 Å². The van der Waals surface area contributed by atoms with Crippen molar-refractivity contribution >= 4 is 33.0 Å². The van der Waals surface area contributed by atoms with Gasteiger partial charge in [-0.15, -0.1) is 0 Å². The number of nitrogens with zero attached hydrogens (tertiary/aromatic N) is 1. The molecule has 2 aromatic carbocycles. The Labute approximate surface area is 151 Å². The number of carbonyl (C=O) groups is 1. The number of nitro benzene ring substituents is 1. The fraction of sp³-hybridized carbons (Fsp3) is 0.235. The Morgan fingerprint density at radius 1 is 1.19 bits per heavy atom. The van der Waals surface area contributed by atoms with Crippen LogP contribution in [0.15, 0.2) is 42.5 Å². The molecule has 0 radical (unpaired) electrons. The minimum absolute atomic E-state index is 0.0409. The topological polar surface area (TPSA) is 118 Å². The molecular weight excluding hydrogens is 358 g/mol. The van der Waals surface area contributed by atoms with Gasteiger partial charge in [0.1, 0.15) is 0 Å². The number of amides is 1. The Kier molecular flexibility index (Phi) is 5.93. The molecule has 0 aliphatic rings. The number of nitro groups is 1. The highest BCUT2D eigenvalue weighted by molar-refractivity contribution is 7.92. The number of benzene rings is 2. The maximum Gasteiger partial charge on any atom is 0.273 e. The van der Waals surface area contributed by atoms with Gasteiger partial charge in [0.15, 0.2) is 0 Å². The van der Waals surface area contributed by atoms with Gasteiger partial charge in [-0.2, -0.15) is 0 Å². The van der Waals surface area contributed by atoms with Crippen molar-refractivity contribution in [1.82, 2.24) is 0 Å². The monoisotopic (exact) mass is 377 g/mol. The van der Waals surface area contributed by atoms with Gasteiger partial charge in [-0.3, -0.25) is 19.6 Å². The number of hydrogen-bond acceptors (Lipinski definition) is 5. The highest BCUT2D eigenvalue weighted by atomic mass is 32.2. The third-order valence-corrected chi connectivity index (χ3v) is 4.99. The first-order valence-corrected chi connectivity index (χ1v) is 9.50. The van der Waals surface area contributed by atoms with Crippen LogP contribution in [0.2, 0.25) is 0 Å². The second kappa shape index (κ2) is 7.96. The quantitative estimate of drug-likeness (QED) is 0.568. The molecule has 0 aromatic heterocycles. The van der Waals surface area contributed by atoms with Crippen LogP contribution in [0.1, 0.15) is 18.1 Å². The zero-order valence-electron chi connectivity index (χ0n) is 14.4. The van der Waals surface area contributed by atoms with E-state index in [-0.39, 0.29) is 17.9 Å². The third-order valence-electron chi connectivity index (χ3n) is 3.69. The van der Waals surface area contributed by atoms with Gasteiger partial charge in [0.25, 0.3) is 5.69 Å². The lowest BCUT2D eigenvalue weighted by Gasteiger charge is -2.12. The van der Waals surface area contributed by atoms with Gasteiger partial charge in [-0.25, -0.2) is 8.42 Å². The average Bonchev–Trinajstić information content (AvgIpc) is 2.57. The van der Waals surface area contributed by atoms with Crippen molar-refractivity contribution in [2.75, 3.05) is 15.8 Å². The minimum Gasteiger partial charge on any atom is -0.326 e. The smallest absolute Gasteiger partial charge is 0.273 e. The zero-order valence-corrected chi connectivity index (χ0v) is 15.2. The number of aryl methyl sites for hydroxylation is 1. The Hall–Kier alpha value is -2.94. The molecule has 2 N–H and O–H groups in total. The van der Waals surface area contributed by atoms with Gasteiger partial charge in [0.05, 0.1) is 22.8 Å². The summed E-state index contributed by atoms with van der Waals surface area (Å²) in [7, 11) is -3.39. The summed E-state index contributed by atoms with van der Waals surface area (Å²) >= 11 is 0. The molecule has 0 heterocycles. The lowest BCUT2D eigenvalue weighted by Crippen LogP contribution is -2.17. The van der Waals surface area contributed by atoms with E-state index in [4.69, 9.17) is 0 Å². The highest BCUT2D eigenvalue weighted by Gasteiger charge is 2.16. The number of hydrogen-bond donors (Lipinski definition) is 2. The van der Waals surface area contributed by atoms with Crippen molar-refractivity contribution in [2.24, 2.45) is 0 Å². The Morgan fingerprint density at radius 3 is 2.50 bits per heavy atom. The van der Waals surface area contributed by atoms with Crippen LogP contribution in [0.25, 0.3) is 0 Å². The number of sulfonamides is 1. The predicted molar refractivity (Wildman–Crippen MR) is 99.7 cm³/mol. The first-order valence-electron chi connectivity index (χ1n) is 7.85. The summed E-state index contributed by atoms with van der Waals surface area (Å²) in [4.78, 5) is 22.7. The van der Waals surface area contributed by atoms with Crippen LogP contribution in [-0.2, 0) is 21.2 Å². The summed E-state index contributed by atoms with van der Waals surface area (Å²) in [5.41, 5.74) is 1.77. The SMILES string of the molecule is CCS(=O)(=O)Nc1ccc(NC(=O)Cc2ccccc2[N+](=O)[O-])cc1C. The van der Waals surface area contributed by atoms with E-state index in [9.17, 15) is 23.3 Å². The van der Waals surface area contributed by atoms with Crippen LogP contribution in [0.3, 0.4) is 0 Å². The number of anilines is 2. The largest absolute Gasteiger partial charge is 0.326 e. The van der Waals surface area contributed by atoms with Crippen LogP contribution < -0.4 is 10.0 Å². The molecule has 0 saturated carbocycles. The normalized spacial score (nSPS) is 11.0. The molecule has 2 rings (SSSR count). The molecule has 0 bridgehead atoms. The van der Waals surface area contributed by atoms with E-state index in [1.165, 1.54) is 19.1 Å².